The van der Waals surface area contributed by atoms with Gasteiger partial charge >= 0.3 is 0 Å². The summed E-state index contributed by atoms with van der Waals surface area (Å²) in [5.41, 5.74) is 6.12. The monoisotopic (exact) mass is 228 g/mol. The van der Waals surface area contributed by atoms with Crippen molar-refractivity contribution in [2.45, 2.75) is 45.3 Å². The maximum atomic E-state index is 6.12. The summed E-state index contributed by atoms with van der Waals surface area (Å²) in [5, 5.41) is 3.08. The highest BCUT2D eigenvalue weighted by atomic mass is 32.1. The topological polar surface area (TPSA) is 48.1 Å². The number of hydrogen-bond acceptors (Lipinski definition) is 4. The Morgan fingerprint density at radius 2 is 2.33 bits per heavy atom. The average Bonchev–Trinajstić information content (AvgIpc) is 2.70. The van der Waals surface area contributed by atoms with Crippen LogP contribution in [-0.4, -0.2) is 23.7 Å². The number of aromatic nitrogens is 1. The van der Waals surface area contributed by atoms with E-state index in [2.05, 4.69) is 11.9 Å². The van der Waals surface area contributed by atoms with Gasteiger partial charge in [-0.05, 0) is 13.3 Å². The van der Waals surface area contributed by atoms with Crippen LogP contribution < -0.4 is 5.73 Å². The van der Waals surface area contributed by atoms with Gasteiger partial charge in [0.15, 0.2) is 0 Å². The fourth-order valence-corrected chi connectivity index (χ4v) is 2.30. The maximum Gasteiger partial charge on any atom is 0.0941 e. The second-order valence-electron chi connectivity index (χ2n) is 3.58. The molecule has 15 heavy (non-hydrogen) atoms. The van der Waals surface area contributed by atoms with Gasteiger partial charge < -0.3 is 10.5 Å². The Morgan fingerprint density at radius 3 is 2.87 bits per heavy atom. The number of nitrogens with two attached hydrogens (primary N) is 1. The number of rotatable bonds is 7. The minimum atomic E-state index is 0.0658. The lowest BCUT2D eigenvalue weighted by atomic mass is 10.0. The quantitative estimate of drug-likeness (QED) is 0.778. The first-order valence-corrected chi connectivity index (χ1v) is 6.41. The maximum absolute atomic E-state index is 6.12. The van der Waals surface area contributed by atoms with E-state index in [1.165, 1.54) is 0 Å². The third kappa shape index (κ3) is 4.28. The molecule has 0 saturated heterocycles. The Hall–Kier alpha value is -0.450. The third-order valence-corrected chi connectivity index (χ3v) is 3.13. The molecule has 0 aliphatic carbocycles. The summed E-state index contributed by atoms with van der Waals surface area (Å²) in [6.45, 7) is 4.90. The Bertz CT molecular complexity index is 245. The van der Waals surface area contributed by atoms with Crippen molar-refractivity contribution in [3.63, 3.8) is 0 Å². The number of ether oxygens (including phenoxy) is 1. The van der Waals surface area contributed by atoms with E-state index in [9.17, 15) is 0 Å². The molecule has 0 amide bonds. The van der Waals surface area contributed by atoms with Crippen LogP contribution in [0.5, 0.6) is 0 Å². The molecule has 0 bridgehead atoms. The van der Waals surface area contributed by atoms with Crippen molar-refractivity contribution in [3.8, 4) is 0 Å². The molecule has 1 rings (SSSR count). The minimum Gasteiger partial charge on any atom is -0.377 e. The van der Waals surface area contributed by atoms with Crippen LogP contribution in [0.15, 0.2) is 11.6 Å². The molecule has 0 aliphatic rings. The van der Waals surface area contributed by atoms with E-state index >= 15 is 0 Å². The van der Waals surface area contributed by atoms with Gasteiger partial charge in [0.05, 0.1) is 11.1 Å². The van der Waals surface area contributed by atoms with Crippen LogP contribution in [0.4, 0.5) is 0 Å². The lowest BCUT2D eigenvalue weighted by molar-refractivity contribution is 0.0378. The highest BCUT2D eigenvalue weighted by Crippen LogP contribution is 2.13. The molecule has 4 heteroatoms. The van der Waals surface area contributed by atoms with Crippen molar-refractivity contribution in [3.05, 3.63) is 16.6 Å². The molecule has 2 unspecified atom stereocenters. The van der Waals surface area contributed by atoms with Crippen molar-refractivity contribution < 1.29 is 4.74 Å². The van der Waals surface area contributed by atoms with E-state index in [4.69, 9.17) is 10.5 Å². The number of hydrogen-bond donors (Lipinski definition) is 1. The Labute approximate surface area is 95.7 Å². The average molecular weight is 228 g/mol. The summed E-state index contributed by atoms with van der Waals surface area (Å²) >= 11 is 1.66. The normalized spacial score (nSPS) is 15.1. The predicted molar refractivity (Wildman–Crippen MR) is 64.1 cm³/mol. The standard InChI is InChI=1S/C11H20N2OS/c1-3-5-10(14-4-2)9(12)8-11-13-6-7-15-11/h6-7,9-10H,3-5,8,12H2,1-2H3. The zero-order valence-electron chi connectivity index (χ0n) is 9.48. The molecule has 0 aromatic carbocycles. The van der Waals surface area contributed by atoms with Gasteiger partial charge in [-0.3, -0.25) is 0 Å². The molecular weight excluding hydrogens is 208 g/mol. The molecule has 86 valence electrons. The Kier molecular flexibility index (Phi) is 5.83. The van der Waals surface area contributed by atoms with Crippen molar-refractivity contribution >= 4 is 11.3 Å². The molecule has 0 aliphatic heterocycles. The second kappa shape index (κ2) is 6.93. The molecule has 2 atom stereocenters. The van der Waals surface area contributed by atoms with Crippen LogP contribution in [-0.2, 0) is 11.2 Å². The molecule has 0 spiro atoms. The van der Waals surface area contributed by atoms with Gasteiger partial charge in [0.2, 0.25) is 0 Å². The zero-order chi connectivity index (χ0) is 11.1. The van der Waals surface area contributed by atoms with Crippen molar-refractivity contribution in [2.24, 2.45) is 5.73 Å². The summed E-state index contributed by atoms with van der Waals surface area (Å²) in [6.07, 6.45) is 4.95. The van der Waals surface area contributed by atoms with Crippen LogP contribution in [0, 0.1) is 0 Å². The van der Waals surface area contributed by atoms with Crippen molar-refractivity contribution in [1.82, 2.24) is 4.98 Å². The number of nitrogens with zero attached hydrogens (tertiary/aromatic N) is 1. The minimum absolute atomic E-state index is 0.0658. The van der Waals surface area contributed by atoms with Crippen molar-refractivity contribution in [1.29, 1.82) is 0 Å². The van der Waals surface area contributed by atoms with Crippen LogP contribution in [0.25, 0.3) is 0 Å². The summed E-state index contributed by atoms with van der Waals surface area (Å²) in [6, 6.07) is 0.0658. The van der Waals surface area contributed by atoms with Crippen LogP contribution in [0.3, 0.4) is 0 Å². The van der Waals surface area contributed by atoms with E-state index in [0.29, 0.717) is 0 Å². The van der Waals surface area contributed by atoms with Crippen LogP contribution in [0.2, 0.25) is 0 Å². The zero-order valence-corrected chi connectivity index (χ0v) is 10.3. The van der Waals surface area contributed by atoms with Gasteiger partial charge in [-0.25, -0.2) is 4.98 Å². The molecule has 1 heterocycles. The molecule has 0 fully saturated rings. The fourth-order valence-electron chi connectivity index (χ4n) is 1.61. The summed E-state index contributed by atoms with van der Waals surface area (Å²) in [5.74, 6) is 0. The largest absolute Gasteiger partial charge is 0.377 e. The molecular formula is C11H20N2OS. The first kappa shape index (κ1) is 12.6. The Morgan fingerprint density at radius 1 is 1.53 bits per heavy atom. The van der Waals surface area contributed by atoms with Gasteiger partial charge in [0.1, 0.15) is 0 Å². The van der Waals surface area contributed by atoms with E-state index in [-0.39, 0.29) is 12.1 Å². The molecule has 2 N–H and O–H groups in total. The van der Waals surface area contributed by atoms with E-state index in [0.717, 1.165) is 30.9 Å². The van der Waals surface area contributed by atoms with Crippen molar-refractivity contribution in [2.75, 3.05) is 6.61 Å². The molecule has 1 aromatic rings. The molecule has 0 radical (unpaired) electrons. The summed E-state index contributed by atoms with van der Waals surface area (Å²) in [4.78, 5) is 4.24. The van der Waals surface area contributed by atoms with Gasteiger partial charge in [-0.1, -0.05) is 13.3 Å². The van der Waals surface area contributed by atoms with Gasteiger partial charge in [-0.2, -0.15) is 0 Å². The summed E-state index contributed by atoms with van der Waals surface area (Å²) < 4.78 is 5.64. The Balaban J connectivity index is 2.44. The van der Waals surface area contributed by atoms with Gasteiger partial charge in [-0.15, -0.1) is 11.3 Å². The highest BCUT2D eigenvalue weighted by Gasteiger charge is 2.18. The first-order chi connectivity index (χ1) is 7.27. The molecule has 0 saturated carbocycles. The molecule has 3 nitrogen and oxygen atoms in total. The SMILES string of the molecule is CCCC(OCC)C(N)Cc1nccs1. The lowest BCUT2D eigenvalue weighted by Gasteiger charge is -2.22. The van der Waals surface area contributed by atoms with E-state index in [1.54, 1.807) is 11.3 Å². The van der Waals surface area contributed by atoms with E-state index in [1.807, 2.05) is 18.5 Å². The highest BCUT2D eigenvalue weighted by molar-refractivity contribution is 7.09. The first-order valence-electron chi connectivity index (χ1n) is 5.53. The van der Waals surface area contributed by atoms with Crippen LogP contribution >= 0.6 is 11.3 Å². The third-order valence-electron chi connectivity index (χ3n) is 2.33. The predicted octanol–water partition coefficient (Wildman–Crippen LogP) is 2.22. The number of thiazole rings is 1. The summed E-state index contributed by atoms with van der Waals surface area (Å²) in [7, 11) is 0. The van der Waals surface area contributed by atoms with Gasteiger partial charge in [0, 0.05) is 30.6 Å². The van der Waals surface area contributed by atoms with E-state index < -0.39 is 0 Å². The second-order valence-corrected chi connectivity index (χ2v) is 4.56. The van der Waals surface area contributed by atoms with Crippen LogP contribution in [0.1, 0.15) is 31.7 Å². The van der Waals surface area contributed by atoms with Gasteiger partial charge in [0.25, 0.3) is 0 Å². The molecule has 1 aromatic heterocycles. The smallest absolute Gasteiger partial charge is 0.0941 e. The fraction of sp³-hybridized carbons (Fsp3) is 0.727. The lowest BCUT2D eigenvalue weighted by Crippen LogP contribution is -2.38.